The summed E-state index contributed by atoms with van der Waals surface area (Å²) in [6, 6.07) is 3.27. The molecule has 2 heterocycles. The van der Waals surface area contributed by atoms with E-state index >= 15 is 0 Å². The van der Waals surface area contributed by atoms with Gasteiger partial charge in [-0.05, 0) is 43.9 Å². The SMILES string of the molecule is Cc1cc(Cl)cc(Cl)c1NC(=O)N1CCCCC1Cc1nn[nH]n1. The number of hydrogen-bond donors (Lipinski definition) is 2. The molecule has 1 saturated heterocycles. The van der Waals surface area contributed by atoms with E-state index < -0.39 is 0 Å². The highest BCUT2D eigenvalue weighted by Crippen LogP contribution is 2.30. The minimum Gasteiger partial charge on any atom is -0.321 e. The van der Waals surface area contributed by atoms with Crippen LogP contribution < -0.4 is 5.32 Å². The second kappa shape index (κ2) is 7.36. The van der Waals surface area contributed by atoms with Crippen molar-refractivity contribution in [1.29, 1.82) is 0 Å². The maximum absolute atomic E-state index is 12.8. The van der Waals surface area contributed by atoms with E-state index in [1.165, 1.54) is 0 Å². The molecule has 9 heteroatoms. The van der Waals surface area contributed by atoms with Gasteiger partial charge in [0.1, 0.15) is 0 Å². The largest absolute Gasteiger partial charge is 0.322 e. The summed E-state index contributed by atoms with van der Waals surface area (Å²) in [4.78, 5) is 14.6. The van der Waals surface area contributed by atoms with E-state index in [0.29, 0.717) is 34.5 Å². The number of aromatic nitrogens is 4. The highest BCUT2D eigenvalue weighted by molar-refractivity contribution is 6.37. The number of anilines is 1. The number of piperidine rings is 1. The van der Waals surface area contributed by atoms with Crippen LogP contribution in [0.2, 0.25) is 10.0 Å². The summed E-state index contributed by atoms with van der Waals surface area (Å²) in [6.45, 7) is 2.55. The Morgan fingerprint density at radius 3 is 2.96 bits per heavy atom. The van der Waals surface area contributed by atoms with E-state index in [2.05, 4.69) is 25.9 Å². The first-order valence-corrected chi connectivity index (χ1v) is 8.56. The lowest BCUT2D eigenvalue weighted by molar-refractivity contribution is 0.161. The molecule has 1 aromatic carbocycles. The molecule has 128 valence electrons. The van der Waals surface area contributed by atoms with Crippen LogP contribution in [0, 0.1) is 6.92 Å². The van der Waals surface area contributed by atoms with Gasteiger partial charge >= 0.3 is 6.03 Å². The van der Waals surface area contributed by atoms with Crippen LogP contribution in [0.15, 0.2) is 12.1 Å². The van der Waals surface area contributed by atoms with E-state index in [-0.39, 0.29) is 12.1 Å². The number of aryl methyl sites for hydroxylation is 1. The molecule has 1 aliphatic rings. The van der Waals surface area contributed by atoms with Crippen LogP contribution in [0.5, 0.6) is 0 Å². The topological polar surface area (TPSA) is 86.8 Å². The Bertz CT molecular complexity index is 698. The molecule has 0 spiro atoms. The minimum atomic E-state index is -0.171. The van der Waals surface area contributed by atoms with Gasteiger partial charge in [-0.25, -0.2) is 4.79 Å². The number of amides is 2. The van der Waals surface area contributed by atoms with Gasteiger partial charge in [-0.1, -0.05) is 28.4 Å². The lowest BCUT2D eigenvalue weighted by Crippen LogP contribution is -2.47. The molecule has 0 bridgehead atoms. The molecule has 0 radical (unpaired) electrons. The number of nitrogens with one attached hydrogen (secondary N) is 2. The third-order valence-corrected chi connectivity index (χ3v) is 4.70. The minimum absolute atomic E-state index is 0.0442. The molecule has 0 saturated carbocycles. The number of hydrogen-bond acceptors (Lipinski definition) is 4. The summed E-state index contributed by atoms with van der Waals surface area (Å²) in [5, 5.41) is 17.9. The molecule has 3 rings (SSSR count). The third-order valence-electron chi connectivity index (χ3n) is 4.18. The number of tetrazole rings is 1. The lowest BCUT2D eigenvalue weighted by Gasteiger charge is -2.35. The van der Waals surface area contributed by atoms with Crippen LogP contribution in [-0.2, 0) is 6.42 Å². The predicted octanol–water partition coefficient (Wildman–Crippen LogP) is 3.44. The molecule has 24 heavy (non-hydrogen) atoms. The molecular formula is C15H18Cl2N6O. The average molecular weight is 369 g/mol. The van der Waals surface area contributed by atoms with E-state index in [1.54, 1.807) is 12.1 Å². The zero-order chi connectivity index (χ0) is 17.1. The molecule has 1 fully saturated rings. The zero-order valence-electron chi connectivity index (χ0n) is 13.2. The third kappa shape index (κ3) is 3.79. The number of aromatic amines is 1. The van der Waals surface area contributed by atoms with Gasteiger partial charge in [0.05, 0.1) is 10.7 Å². The monoisotopic (exact) mass is 368 g/mol. The second-order valence-corrected chi connectivity index (χ2v) is 6.73. The maximum Gasteiger partial charge on any atom is 0.322 e. The molecule has 1 atom stereocenters. The highest BCUT2D eigenvalue weighted by Gasteiger charge is 2.28. The highest BCUT2D eigenvalue weighted by atomic mass is 35.5. The van der Waals surface area contributed by atoms with Crippen LogP contribution >= 0.6 is 23.2 Å². The summed E-state index contributed by atoms with van der Waals surface area (Å²) in [5.74, 6) is 0.611. The second-order valence-electron chi connectivity index (χ2n) is 5.88. The van der Waals surface area contributed by atoms with Crippen molar-refractivity contribution < 1.29 is 4.79 Å². The number of H-pyrrole nitrogens is 1. The quantitative estimate of drug-likeness (QED) is 0.868. The Morgan fingerprint density at radius 1 is 1.42 bits per heavy atom. The van der Waals surface area contributed by atoms with Gasteiger partial charge in [0.15, 0.2) is 5.82 Å². The number of rotatable bonds is 3. The molecule has 1 aromatic heterocycles. The Balaban J connectivity index is 1.75. The molecule has 0 aliphatic carbocycles. The normalized spacial score (nSPS) is 17.8. The fraction of sp³-hybridized carbons (Fsp3) is 0.467. The molecule has 2 aromatic rings. The van der Waals surface area contributed by atoms with E-state index in [0.717, 1.165) is 24.8 Å². The lowest BCUT2D eigenvalue weighted by atomic mass is 9.99. The Kier molecular flexibility index (Phi) is 5.20. The van der Waals surface area contributed by atoms with Gasteiger partial charge in [0.2, 0.25) is 0 Å². The summed E-state index contributed by atoms with van der Waals surface area (Å²) in [5.41, 5.74) is 1.42. The van der Waals surface area contributed by atoms with Gasteiger partial charge in [-0.2, -0.15) is 5.21 Å². The first kappa shape index (κ1) is 17.0. The summed E-state index contributed by atoms with van der Waals surface area (Å²) in [7, 11) is 0. The molecule has 1 unspecified atom stereocenters. The molecule has 7 nitrogen and oxygen atoms in total. The van der Waals surface area contributed by atoms with Crippen LogP contribution in [0.3, 0.4) is 0 Å². The molecule has 1 aliphatic heterocycles. The Morgan fingerprint density at radius 2 is 2.25 bits per heavy atom. The van der Waals surface area contributed by atoms with Crippen molar-refractivity contribution >= 4 is 34.9 Å². The standard InChI is InChI=1S/C15H18Cl2N6O/c1-9-6-10(16)7-12(17)14(9)18-15(24)23-5-3-2-4-11(23)8-13-19-21-22-20-13/h6-7,11H,2-5,8H2,1H3,(H,18,24)(H,19,20,21,22). The average Bonchev–Trinajstić information content (AvgIpc) is 3.04. The van der Waals surface area contributed by atoms with E-state index in [9.17, 15) is 4.79 Å². The Hall–Kier alpha value is -1.86. The van der Waals surface area contributed by atoms with E-state index in [4.69, 9.17) is 23.2 Å². The fourth-order valence-electron chi connectivity index (χ4n) is 3.00. The van der Waals surface area contributed by atoms with Crippen molar-refractivity contribution in [2.75, 3.05) is 11.9 Å². The summed E-state index contributed by atoms with van der Waals surface area (Å²) in [6.07, 6.45) is 3.54. The van der Waals surface area contributed by atoms with Crippen LogP contribution in [0.1, 0.15) is 30.7 Å². The number of benzene rings is 1. The number of urea groups is 1. The van der Waals surface area contributed by atoms with Crippen molar-refractivity contribution in [3.05, 3.63) is 33.6 Å². The summed E-state index contributed by atoms with van der Waals surface area (Å²) >= 11 is 12.2. The Labute approximate surface area is 149 Å². The van der Waals surface area contributed by atoms with Crippen LogP contribution in [0.25, 0.3) is 0 Å². The molecule has 2 amide bonds. The fourth-order valence-corrected chi connectivity index (χ4v) is 3.64. The van der Waals surface area contributed by atoms with Gasteiger partial charge in [0, 0.05) is 24.0 Å². The smallest absolute Gasteiger partial charge is 0.321 e. The maximum atomic E-state index is 12.8. The van der Waals surface area contributed by atoms with Crippen LogP contribution in [0.4, 0.5) is 10.5 Å². The summed E-state index contributed by atoms with van der Waals surface area (Å²) < 4.78 is 0. The van der Waals surface area contributed by atoms with Crippen LogP contribution in [-0.4, -0.2) is 44.1 Å². The molecule has 2 N–H and O–H groups in total. The van der Waals surface area contributed by atoms with E-state index in [1.807, 2.05) is 11.8 Å². The number of nitrogens with zero attached hydrogens (tertiary/aromatic N) is 4. The van der Waals surface area contributed by atoms with Crippen molar-refractivity contribution in [1.82, 2.24) is 25.5 Å². The first-order chi connectivity index (χ1) is 11.5. The van der Waals surface area contributed by atoms with Gasteiger partial charge < -0.3 is 10.2 Å². The van der Waals surface area contributed by atoms with Crippen molar-refractivity contribution in [2.45, 2.75) is 38.6 Å². The number of carbonyl (C=O) groups excluding carboxylic acids is 1. The van der Waals surface area contributed by atoms with Gasteiger partial charge in [-0.15, -0.1) is 10.2 Å². The molecular weight excluding hydrogens is 351 g/mol. The van der Waals surface area contributed by atoms with Gasteiger partial charge in [-0.3, -0.25) is 0 Å². The van der Waals surface area contributed by atoms with Crippen molar-refractivity contribution in [3.63, 3.8) is 0 Å². The number of likely N-dealkylation sites (tertiary alicyclic amines) is 1. The van der Waals surface area contributed by atoms with Gasteiger partial charge in [0.25, 0.3) is 0 Å². The van der Waals surface area contributed by atoms with Crippen molar-refractivity contribution in [2.24, 2.45) is 0 Å². The first-order valence-electron chi connectivity index (χ1n) is 7.80. The number of halogens is 2. The zero-order valence-corrected chi connectivity index (χ0v) is 14.7. The predicted molar refractivity (Wildman–Crippen MR) is 92.4 cm³/mol. The van der Waals surface area contributed by atoms with Crippen molar-refractivity contribution in [3.8, 4) is 0 Å². The number of carbonyl (C=O) groups is 1.